The molecule has 0 radical (unpaired) electrons. The molecule has 1 heterocycles. The van der Waals surface area contributed by atoms with Gasteiger partial charge in [-0.3, -0.25) is 4.79 Å². The lowest BCUT2D eigenvalue weighted by Crippen LogP contribution is -2.52. The summed E-state index contributed by atoms with van der Waals surface area (Å²) in [7, 11) is 0. The first kappa shape index (κ1) is 16.3. The van der Waals surface area contributed by atoms with Gasteiger partial charge in [0.1, 0.15) is 5.75 Å². The van der Waals surface area contributed by atoms with Crippen LogP contribution in [0, 0.1) is 0 Å². The highest BCUT2D eigenvalue weighted by Crippen LogP contribution is 2.25. The lowest BCUT2D eigenvalue weighted by atomic mass is 10.1. The molecule has 2 aliphatic rings. The lowest BCUT2D eigenvalue weighted by Gasteiger charge is -2.34. The van der Waals surface area contributed by atoms with Crippen molar-refractivity contribution in [2.45, 2.75) is 57.6 Å². The number of carbonyl (C=O) groups excluding carboxylic acids is 1. The van der Waals surface area contributed by atoms with Crippen LogP contribution in [-0.2, 0) is 11.2 Å². The number of nitrogens with one attached hydrogen (secondary N) is 1. The average Bonchev–Trinajstić information content (AvgIpc) is 3.06. The maximum absolute atomic E-state index is 12.4. The Balaban J connectivity index is 1.52. The summed E-state index contributed by atoms with van der Waals surface area (Å²) >= 11 is 0. The zero-order valence-electron chi connectivity index (χ0n) is 14.1. The fourth-order valence-corrected chi connectivity index (χ4v) is 3.58. The van der Waals surface area contributed by atoms with Crippen LogP contribution in [0.3, 0.4) is 0 Å². The van der Waals surface area contributed by atoms with Crippen molar-refractivity contribution >= 4 is 5.91 Å². The number of nitrogens with zero attached hydrogens (tertiary/aromatic N) is 1. The smallest absolute Gasteiger partial charge is 0.223 e. The molecule has 0 bridgehead atoms. The van der Waals surface area contributed by atoms with Crippen molar-refractivity contribution in [3.8, 4) is 5.75 Å². The van der Waals surface area contributed by atoms with Crippen LogP contribution in [0.25, 0.3) is 0 Å². The summed E-state index contributed by atoms with van der Waals surface area (Å²) in [6, 6.07) is 8.57. The number of aryl methyl sites for hydroxylation is 1. The number of amides is 1. The lowest BCUT2D eigenvalue weighted by molar-refractivity contribution is -0.133. The molecule has 1 N–H and O–H groups in total. The first-order valence-electron chi connectivity index (χ1n) is 8.98. The van der Waals surface area contributed by atoms with Gasteiger partial charge in [0, 0.05) is 32.1 Å². The summed E-state index contributed by atoms with van der Waals surface area (Å²) in [5, 5.41) is 3.32. The Hall–Kier alpha value is -1.55. The molecule has 2 fully saturated rings. The summed E-state index contributed by atoms with van der Waals surface area (Å²) in [6.45, 7) is 4.74. The van der Waals surface area contributed by atoms with E-state index in [4.69, 9.17) is 4.74 Å². The Kier molecular flexibility index (Phi) is 5.55. The number of benzene rings is 1. The van der Waals surface area contributed by atoms with E-state index in [1.807, 2.05) is 17.0 Å². The summed E-state index contributed by atoms with van der Waals surface area (Å²) in [5.74, 6) is 1.22. The summed E-state index contributed by atoms with van der Waals surface area (Å²) in [5.41, 5.74) is 1.19. The zero-order valence-corrected chi connectivity index (χ0v) is 14.1. The Morgan fingerprint density at radius 3 is 2.96 bits per heavy atom. The first-order valence-corrected chi connectivity index (χ1v) is 8.98. The molecule has 1 aliphatic heterocycles. The van der Waals surface area contributed by atoms with E-state index < -0.39 is 0 Å². The van der Waals surface area contributed by atoms with Crippen molar-refractivity contribution in [1.29, 1.82) is 0 Å². The molecule has 4 heteroatoms. The van der Waals surface area contributed by atoms with Crippen LogP contribution in [0.15, 0.2) is 24.3 Å². The number of ether oxygens (including phenoxy) is 1. The van der Waals surface area contributed by atoms with E-state index in [0.717, 1.165) is 31.8 Å². The molecular weight excluding hydrogens is 288 g/mol. The van der Waals surface area contributed by atoms with Crippen molar-refractivity contribution in [2.24, 2.45) is 0 Å². The monoisotopic (exact) mass is 316 g/mol. The van der Waals surface area contributed by atoms with E-state index in [9.17, 15) is 4.79 Å². The van der Waals surface area contributed by atoms with E-state index in [2.05, 4.69) is 24.4 Å². The molecule has 1 aliphatic carbocycles. The van der Waals surface area contributed by atoms with Gasteiger partial charge in [-0.1, -0.05) is 12.1 Å². The minimum atomic E-state index is 0.265. The van der Waals surface area contributed by atoms with Crippen molar-refractivity contribution in [2.75, 3.05) is 19.6 Å². The highest BCUT2D eigenvalue weighted by Gasteiger charge is 2.22. The number of hydrogen-bond donors (Lipinski definition) is 1. The third-order valence-electron chi connectivity index (χ3n) is 4.95. The van der Waals surface area contributed by atoms with Gasteiger partial charge >= 0.3 is 0 Å². The van der Waals surface area contributed by atoms with Gasteiger partial charge in [-0.15, -0.1) is 0 Å². The quantitative estimate of drug-likeness (QED) is 0.908. The molecule has 0 spiro atoms. The van der Waals surface area contributed by atoms with E-state index in [1.54, 1.807) is 0 Å². The number of piperazine rings is 1. The van der Waals surface area contributed by atoms with Crippen LogP contribution in [-0.4, -0.2) is 42.6 Å². The average molecular weight is 316 g/mol. The third kappa shape index (κ3) is 4.47. The van der Waals surface area contributed by atoms with Gasteiger partial charge in [0.25, 0.3) is 0 Å². The Morgan fingerprint density at radius 2 is 2.17 bits per heavy atom. The Bertz CT molecular complexity index is 526. The van der Waals surface area contributed by atoms with Crippen LogP contribution >= 0.6 is 0 Å². The standard InChI is InChI=1S/C19H28N2O2/c1-15-14-20-11-12-21(15)19(22)10-9-16-5-4-8-18(13-16)23-17-6-2-3-7-17/h4-5,8,13,15,17,20H,2-3,6-7,9-12,14H2,1H3. The molecule has 1 saturated heterocycles. The zero-order chi connectivity index (χ0) is 16.1. The van der Waals surface area contributed by atoms with Gasteiger partial charge in [0.15, 0.2) is 0 Å². The van der Waals surface area contributed by atoms with E-state index in [-0.39, 0.29) is 5.91 Å². The maximum Gasteiger partial charge on any atom is 0.223 e. The SMILES string of the molecule is CC1CNCCN1C(=O)CCc1cccc(OC2CCCC2)c1. The largest absolute Gasteiger partial charge is 0.490 e. The van der Waals surface area contributed by atoms with Crippen molar-refractivity contribution in [3.63, 3.8) is 0 Å². The van der Waals surface area contributed by atoms with Crippen LogP contribution in [0.5, 0.6) is 5.75 Å². The van der Waals surface area contributed by atoms with Crippen LogP contribution in [0.4, 0.5) is 0 Å². The van der Waals surface area contributed by atoms with Crippen LogP contribution < -0.4 is 10.1 Å². The van der Waals surface area contributed by atoms with Gasteiger partial charge in [-0.25, -0.2) is 0 Å². The molecule has 4 nitrogen and oxygen atoms in total. The summed E-state index contributed by atoms with van der Waals surface area (Å²) in [6.07, 6.45) is 6.65. The molecule has 1 saturated carbocycles. The van der Waals surface area contributed by atoms with E-state index in [1.165, 1.54) is 31.2 Å². The topological polar surface area (TPSA) is 41.6 Å². The normalized spacial score (nSPS) is 22.3. The van der Waals surface area contributed by atoms with Crippen LogP contribution in [0.2, 0.25) is 0 Å². The van der Waals surface area contributed by atoms with Crippen molar-refractivity contribution < 1.29 is 9.53 Å². The number of rotatable bonds is 5. The molecule has 1 aromatic rings. The van der Waals surface area contributed by atoms with E-state index >= 15 is 0 Å². The van der Waals surface area contributed by atoms with Crippen molar-refractivity contribution in [1.82, 2.24) is 10.2 Å². The molecular formula is C19H28N2O2. The van der Waals surface area contributed by atoms with Gasteiger partial charge in [0.2, 0.25) is 5.91 Å². The Morgan fingerprint density at radius 1 is 1.35 bits per heavy atom. The fourth-order valence-electron chi connectivity index (χ4n) is 3.58. The number of carbonyl (C=O) groups is 1. The van der Waals surface area contributed by atoms with Gasteiger partial charge in [0.05, 0.1) is 6.10 Å². The third-order valence-corrected chi connectivity index (χ3v) is 4.95. The van der Waals surface area contributed by atoms with Crippen LogP contribution in [0.1, 0.15) is 44.6 Å². The minimum Gasteiger partial charge on any atom is -0.490 e. The first-order chi connectivity index (χ1) is 11.2. The fraction of sp³-hybridized carbons (Fsp3) is 0.632. The second-order valence-electron chi connectivity index (χ2n) is 6.81. The minimum absolute atomic E-state index is 0.265. The predicted octanol–water partition coefficient (Wildman–Crippen LogP) is 2.76. The second-order valence-corrected chi connectivity index (χ2v) is 6.81. The predicted molar refractivity (Wildman–Crippen MR) is 91.7 cm³/mol. The van der Waals surface area contributed by atoms with E-state index in [0.29, 0.717) is 18.6 Å². The van der Waals surface area contributed by atoms with Gasteiger partial charge in [-0.05, 0) is 56.7 Å². The molecule has 1 amide bonds. The maximum atomic E-state index is 12.4. The summed E-state index contributed by atoms with van der Waals surface area (Å²) < 4.78 is 6.05. The molecule has 23 heavy (non-hydrogen) atoms. The summed E-state index contributed by atoms with van der Waals surface area (Å²) in [4.78, 5) is 14.4. The molecule has 1 aromatic carbocycles. The van der Waals surface area contributed by atoms with Gasteiger partial charge < -0.3 is 15.0 Å². The molecule has 0 aromatic heterocycles. The molecule has 1 atom stereocenters. The highest BCUT2D eigenvalue weighted by atomic mass is 16.5. The van der Waals surface area contributed by atoms with Crippen molar-refractivity contribution in [3.05, 3.63) is 29.8 Å². The molecule has 1 unspecified atom stereocenters. The molecule has 3 rings (SSSR count). The van der Waals surface area contributed by atoms with Gasteiger partial charge in [-0.2, -0.15) is 0 Å². The highest BCUT2D eigenvalue weighted by molar-refractivity contribution is 5.77. The molecule has 126 valence electrons. The Labute approximate surface area is 139 Å². The second kappa shape index (κ2) is 7.82. The number of hydrogen-bond acceptors (Lipinski definition) is 3.